The lowest BCUT2D eigenvalue weighted by Gasteiger charge is -2.21. The molecule has 0 radical (unpaired) electrons. The van der Waals surface area contributed by atoms with Gasteiger partial charge in [-0.25, -0.2) is 28.2 Å². The van der Waals surface area contributed by atoms with Crippen molar-refractivity contribution in [1.29, 1.82) is 0 Å². The van der Waals surface area contributed by atoms with Crippen molar-refractivity contribution in [3.63, 3.8) is 0 Å². The number of alkyl halides is 3. The number of amides is 2. The Bertz CT molecular complexity index is 1400. The van der Waals surface area contributed by atoms with Crippen molar-refractivity contribution >= 4 is 54.9 Å². The van der Waals surface area contributed by atoms with E-state index in [4.69, 9.17) is 0 Å². The molecule has 0 bridgehead atoms. The topological polar surface area (TPSA) is 117 Å². The largest absolute Gasteiger partial charge is 0.420 e. The fourth-order valence-electron chi connectivity index (χ4n) is 3.98. The van der Waals surface area contributed by atoms with Crippen LogP contribution in [0.3, 0.4) is 0 Å². The molecular formula is C20H19F3N6O3S2. The van der Waals surface area contributed by atoms with Gasteiger partial charge in [-0.1, -0.05) is 11.3 Å². The summed E-state index contributed by atoms with van der Waals surface area (Å²) in [6, 6.07) is -0.0885. The quantitative estimate of drug-likeness (QED) is 0.533. The number of nitrogens with zero attached hydrogens (tertiary/aromatic N) is 4. The normalized spacial score (nSPS) is 17.8. The molecule has 1 saturated carbocycles. The van der Waals surface area contributed by atoms with Crippen LogP contribution in [-0.2, 0) is 16.2 Å². The van der Waals surface area contributed by atoms with Gasteiger partial charge in [0.15, 0.2) is 5.82 Å². The van der Waals surface area contributed by atoms with Crippen molar-refractivity contribution < 1.29 is 26.4 Å². The zero-order valence-electron chi connectivity index (χ0n) is 17.8. The average molecular weight is 513 g/mol. The van der Waals surface area contributed by atoms with E-state index in [1.54, 1.807) is 0 Å². The first-order chi connectivity index (χ1) is 16.0. The van der Waals surface area contributed by atoms with Crippen LogP contribution in [0.25, 0.3) is 10.3 Å². The molecule has 3 aromatic heterocycles. The third-order valence-electron chi connectivity index (χ3n) is 5.57. The SMILES string of the molecule is Cc1nc2c(C3CC3)c(NC(=O)Nc3cnc(N4CCCS4(=O)=O)c(C(F)(F)F)c3)cnc2s1. The van der Waals surface area contributed by atoms with Gasteiger partial charge in [0.1, 0.15) is 15.9 Å². The van der Waals surface area contributed by atoms with Crippen LogP contribution in [0.4, 0.5) is 35.2 Å². The van der Waals surface area contributed by atoms with Crippen LogP contribution < -0.4 is 14.9 Å². The van der Waals surface area contributed by atoms with Gasteiger partial charge in [-0.2, -0.15) is 13.2 Å². The van der Waals surface area contributed by atoms with E-state index < -0.39 is 33.6 Å². The summed E-state index contributed by atoms with van der Waals surface area (Å²) in [6.07, 6.45) is -0.231. The van der Waals surface area contributed by atoms with E-state index in [0.29, 0.717) is 16.1 Å². The predicted molar refractivity (Wildman–Crippen MR) is 122 cm³/mol. The Labute approximate surface area is 196 Å². The number of fused-ring (bicyclic) bond motifs is 1. The van der Waals surface area contributed by atoms with Gasteiger partial charge in [-0.05, 0) is 38.2 Å². The number of rotatable bonds is 4. The van der Waals surface area contributed by atoms with E-state index in [1.165, 1.54) is 17.5 Å². The third kappa shape index (κ3) is 4.27. The number of thiazole rings is 1. The smallest absolute Gasteiger partial charge is 0.306 e. The van der Waals surface area contributed by atoms with Crippen molar-refractivity contribution in [2.45, 2.75) is 38.3 Å². The Morgan fingerprint density at radius 1 is 1.21 bits per heavy atom. The molecule has 1 aliphatic carbocycles. The van der Waals surface area contributed by atoms with E-state index in [2.05, 4.69) is 25.6 Å². The highest BCUT2D eigenvalue weighted by Gasteiger charge is 2.40. The minimum absolute atomic E-state index is 0.0822. The number of hydrogen-bond donors (Lipinski definition) is 2. The lowest BCUT2D eigenvalue weighted by molar-refractivity contribution is -0.137. The van der Waals surface area contributed by atoms with Crippen LogP contribution in [0.15, 0.2) is 18.5 Å². The summed E-state index contributed by atoms with van der Waals surface area (Å²) < 4.78 is 66.0. The van der Waals surface area contributed by atoms with Crippen molar-refractivity contribution in [3.8, 4) is 0 Å². The number of urea groups is 1. The Hall–Kier alpha value is -3.00. The third-order valence-corrected chi connectivity index (χ3v) is 8.28. The number of aryl methyl sites for hydroxylation is 1. The monoisotopic (exact) mass is 512 g/mol. The maximum atomic E-state index is 13.7. The van der Waals surface area contributed by atoms with Gasteiger partial charge >= 0.3 is 12.2 Å². The van der Waals surface area contributed by atoms with Crippen molar-refractivity contribution in [2.24, 2.45) is 0 Å². The molecule has 34 heavy (non-hydrogen) atoms. The number of pyridine rings is 2. The number of anilines is 3. The van der Waals surface area contributed by atoms with E-state index >= 15 is 0 Å². The summed E-state index contributed by atoms with van der Waals surface area (Å²) in [7, 11) is -3.86. The van der Waals surface area contributed by atoms with Gasteiger partial charge in [0.05, 0.1) is 34.5 Å². The summed E-state index contributed by atoms with van der Waals surface area (Å²) in [5.41, 5.74) is 0.571. The summed E-state index contributed by atoms with van der Waals surface area (Å²) in [5.74, 6) is -0.697. The van der Waals surface area contributed by atoms with Crippen LogP contribution in [0.1, 0.15) is 41.3 Å². The molecule has 2 aliphatic rings. The summed E-state index contributed by atoms with van der Waals surface area (Å²) in [5, 5.41) is 5.86. The second-order valence-corrected chi connectivity index (χ2v) is 11.4. The van der Waals surface area contributed by atoms with Gasteiger partial charge < -0.3 is 10.6 Å². The number of carbonyl (C=O) groups is 1. The Morgan fingerprint density at radius 2 is 1.97 bits per heavy atom. The highest BCUT2D eigenvalue weighted by atomic mass is 32.2. The first kappa shape index (κ1) is 22.8. The minimum Gasteiger partial charge on any atom is -0.306 e. The predicted octanol–water partition coefficient (Wildman–Crippen LogP) is 4.47. The number of halogens is 3. The maximum absolute atomic E-state index is 13.7. The fourth-order valence-corrected chi connectivity index (χ4v) is 6.28. The van der Waals surface area contributed by atoms with Crippen molar-refractivity contribution in [2.75, 3.05) is 27.2 Å². The molecule has 1 saturated heterocycles. The maximum Gasteiger partial charge on any atom is 0.420 e. The van der Waals surface area contributed by atoms with Crippen molar-refractivity contribution in [1.82, 2.24) is 15.0 Å². The Kier molecular flexibility index (Phi) is 5.39. The second-order valence-electron chi connectivity index (χ2n) is 8.16. The molecule has 9 nitrogen and oxygen atoms in total. The number of nitrogens with one attached hydrogen (secondary N) is 2. The molecule has 2 N–H and O–H groups in total. The Balaban J connectivity index is 1.42. The molecule has 3 aromatic rings. The number of sulfonamides is 1. The molecule has 0 atom stereocenters. The van der Waals surface area contributed by atoms with Gasteiger partial charge in [0.2, 0.25) is 10.0 Å². The lowest BCUT2D eigenvalue weighted by atomic mass is 10.1. The minimum atomic E-state index is -4.87. The molecule has 5 rings (SSSR count). The lowest BCUT2D eigenvalue weighted by Crippen LogP contribution is -2.29. The fraction of sp³-hybridized carbons (Fsp3) is 0.400. The molecule has 0 unspecified atom stereocenters. The van der Waals surface area contributed by atoms with Gasteiger partial charge in [0.25, 0.3) is 0 Å². The summed E-state index contributed by atoms with van der Waals surface area (Å²) >= 11 is 1.44. The molecule has 2 amide bonds. The standard InChI is InChI=1S/C20H19F3N6O3S2/c1-10-26-16-15(11-3-4-11)14(9-25-18(16)33-10)28-19(30)27-12-7-13(20(21,22)23)17(24-8-12)29-5-2-6-34(29,31)32/h7-9,11H,2-6H2,1H3,(H2,27,28,30). The zero-order chi connectivity index (χ0) is 24.3. The Morgan fingerprint density at radius 3 is 2.62 bits per heavy atom. The van der Waals surface area contributed by atoms with E-state index in [1.807, 2.05) is 6.92 Å². The van der Waals surface area contributed by atoms with Crippen LogP contribution in [0.5, 0.6) is 0 Å². The second kappa shape index (κ2) is 8.05. The van der Waals surface area contributed by atoms with Gasteiger partial charge in [-0.3, -0.25) is 4.31 Å². The number of aromatic nitrogens is 3. The number of carbonyl (C=O) groups excluding carboxylic acids is 1. The summed E-state index contributed by atoms with van der Waals surface area (Å²) in [6.45, 7) is 1.78. The highest BCUT2D eigenvalue weighted by Crippen LogP contribution is 2.46. The molecule has 2 fully saturated rings. The van der Waals surface area contributed by atoms with Crippen LogP contribution >= 0.6 is 11.3 Å². The number of hydrogen-bond acceptors (Lipinski definition) is 7. The first-order valence-corrected chi connectivity index (χ1v) is 12.9. The molecule has 1 aliphatic heterocycles. The zero-order valence-corrected chi connectivity index (χ0v) is 19.4. The van der Waals surface area contributed by atoms with E-state index in [0.717, 1.165) is 40.0 Å². The van der Waals surface area contributed by atoms with E-state index in [9.17, 15) is 26.4 Å². The molecule has 0 spiro atoms. The molecule has 0 aromatic carbocycles. The van der Waals surface area contributed by atoms with E-state index in [-0.39, 0.29) is 30.3 Å². The van der Waals surface area contributed by atoms with Gasteiger partial charge in [-0.15, -0.1) is 0 Å². The molecule has 4 heterocycles. The van der Waals surface area contributed by atoms with Crippen LogP contribution in [0.2, 0.25) is 0 Å². The average Bonchev–Trinajstić information content (AvgIpc) is 3.41. The van der Waals surface area contributed by atoms with Gasteiger partial charge in [0, 0.05) is 12.1 Å². The van der Waals surface area contributed by atoms with Crippen LogP contribution in [-0.4, -0.2) is 41.7 Å². The van der Waals surface area contributed by atoms with Crippen molar-refractivity contribution in [3.05, 3.63) is 34.6 Å². The molecule has 14 heteroatoms. The first-order valence-electron chi connectivity index (χ1n) is 10.4. The molecule has 180 valence electrons. The summed E-state index contributed by atoms with van der Waals surface area (Å²) in [4.78, 5) is 26.0. The van der Waals surface area contributed by atoms with Crippen LogP contribution in [0, 0.1) is 6.92 Å². The molecular weight excluding hydrogens is 493 g/mol. The highest BCUT2D eigenvalue weighted by molar-refractivity contribution is 7.93.